The van der Waals surface area contributed by atoms with E-state index in [-0.39, 0.29) is 50.6 Å². The SMILES string of the molecule is COc1ccc(CN(c2nn(C)c3c(-n4c([C@@H](Cc5cc(F)cc(F)c5)C(C(N)=O)n5nc(C(F)F)c6c5C(F)(F)[C@@H]5C[C@H]65)nc5nc(C(F)(F)F)ccc5c4=O)ccc(Cl)c23)S(C)(=O)=O)cc1. The van der Waals surface area contributed by atoms with Gasteiger partial charge in [-0.15, -0.1) is 0 Å². The number of methoxy groups -OCH3 is 1. The van der Waals surface area contributed by atoms with E-state index in [1.54, 1.807) is 24.3 Å². The summed E-state index contributed by atoms with van der Waals surface area (Å²) in [7, 11) is -1.49. The van der Waals surface area contributed by atoms with Gasteiger partial charge in [0.05, 0.1) is 52.8 Å². The number of benzene rings is 3. The Morgan fingerprint density at radius 3 is 2.28 bits per heavy atom. The average Bonchev–Trinajstić information content (AvgIpc) is 3.77. The zero-order chi connectivity index (χ0) is 49.1. The second-order valence-corrected chi connectivity index (χ2v) is 18.7. The number of nitrogens with zero attached hydrogens (tertiary/aromatic N) is 8. The van der Waals surface area contributed by atoms with Crippen LogP contribution in [0, 0.1) is 17.6 Å². The quantitative estimate of drug-likeness (QED) is 0.112. The Hall–Kier alpha value is -6.69. The smallest absolute Gasteiger partial charge is 0.433 e. The number of carbonyl (C=O) groups is 1. The summed E-state index contributed by atoms with van der Waals surface area (Å²) >= 11 is 6.81. The van der Waals surface area contributed by atoms with Crippen molar-refractivity contribution in [2.75, 3.05) is 17.7 Å². The number of halogens is 10. The van der Waals surface area contributed by atoms with Crippen molar-refractivity contribution >= 4 is 55.3 Å². The lowest BCUT2D eigenvalue weighted by Crippen LogP contribution is -2.39. The molecular weight excluding hydrogens is 961 g/mol. The molecule has 0 spiro atoms. The van der Waals surface area contributed by atoms with Crippen LogP contribution in [-0.2, 0) is 46.9 Å². The Labute approximate surface area is 382 Å². The Morgan fingerprint density at radius 1 is 1.00 bits per heavy atom. The predicted octanol–water partition coefficient (Wildman–Crippen LogP) is 7.99. The number of rotatable bonds is 13. The van der Waals surface area contributed by atoms with E-state index >= 15 is 13.6 Å². The summed E-state index contributed by atoms with van der Waals surface area (Å²) in [5, 5.41) is 7.41. The highest BCUT2D eigenvalue weighted by atomic mass is 35.5. The summed E-state index contributed by atoms with van der Waals surface area (Å²) in [5.41, 5.74) is -0.883. The van der Waals surface area contributed by atoms with Crippen LogP contribution in [0.25, 0.3) is 27.6 Å². The standard InChI is InChI=1S/C43H33ClF9N9O5S/c1-59-34-28(10-9-27(44)31(34)40(58-59)60(68(3,65)66)17-18-4-6-22(67-2)7-5-18)61-39(56-38-23(41(61)64)8-11-29(55-38)43(51,52)53)25(14-19-12-20(45)15-21(46)13-19)33(37(54)63)62-35-30(32(57-62)36(47)48)24-16-26(24)42(35,49)50/h4-13,15,24-26,33,36H,14,16-17H2,1-3H3,(H2,54,63)/t24-,25-,26+,33?/m0/s1. The van der Waals surface area contributed by atoms with Gasteiger partial charge in [0.1, 0.15) is 46.3 Å². The third-order valence-electron chi connectivity index (χ3n) is 12.1. The van der Waals surface area contributed by atoms with Gasteiger partial charge in [-0.25, -0.2) is 44.9 Å². The molecule has 68 heavy (non-hydrogen) atoms. The zero-order valence-corrected chi connectivity index (χ0v) is 36.8. The molecule has 9 rings (SSSR count). The molecule has 4 heterocycles. The van der Waals surface area contributed by atoms with Crippen LogP contribution in [0.2, 0.25) is 5.02 Å². The van der Waals surface area contributed by atoms with Gasteiger partial charge in [0.25, 0.3) is 17.9 Å². The number of sulfonamides is 1. The molecule has 4 aromatic heterocycles. The van der Waals surface area contributed by atoms with Crippen LogP contribution >= 0.6 is 11.6 Å². The highest BCUT2D eigenvalue weighted by molar-refractivity contribution is 7.92. The van der Waals surface area contributed by atoms with Gasteiger partial charge in [-0.05, 0) is 78.4 Å². The minimum Gasteiger partial charge on any atom is -0.497 e. The number of pyridine rings is 1. The van der Waals surface area contributed by atoms with Crippen LogP contribution in [0.3, 0.4) is 0 Å². The van der Waals surface area contributed by atoms with Crippen LogP contribution in [0.5, 0.6) is 5.75 Å². The van der Waals surface area contributed by atoms with Crippen molar-refractivity contribution in [3.63, 3.8) is 0 Å². The molecule has 0 aliphatic heterocycles. The van der Waals surface area contributed by atoms with E-state index in [1.165, 1.54) is 26.3 Å². The lowest BCUT2D eigenvalue weighted by Gasteiger charge is -2.30. The van der Waals surface area contributed by atoms with Crippen LogP contribution in [0.4, 0.5) is 45.3 Å². The van der Waals surface area contributed by atoms with Crippen molar-refractivity contribution in [2.24, 2.45) is 18.7 Å². The summed E-state index contributed by atoms with van der Waals surface area (Å²) < 4.78 is 170. The minimum absolute atomic E-state index is 0.130. The number of carbonyl (C=O) groups excluding carboxylic acids is 1. The maximum atomic E-state index is 16.3. The Kier molecular flexibility index (Phi) is 11.1. The average molecular weight is 994 g/mol. The second kappa shape index (κ2) is 16.2. The second-order valence-electron chi connectivity index (χ2n) is 16.4. The first-order chi connectivity index (χ1) is 31.9. The molecule has 0 saturated heterocycles. The number of fused-ring (bicyclic) bond motifs is 5. The molecule has 14 nitrogen and oxygen atoms in total. The number of ether oxygens (including phenoxy) is 1. The lowest BCUT2D eigenvalue weighted by atomic mass is 9.89. The Morgan fingerprint density at radius 2 is 1.68 bits per heavy atom. The molecule has 2 aliphatic carbocycles. The number of hydrogen-bond acceptors (Lipinski definition) is 9. The normalized spacial score (nSPS) is 17.4. The summed E-state index contributed by atoms with van der Waals surface area (Å²) in [6.07, 6.45) is -8.81. The summed E-state index contributed by atoms with van der Waals surface area (Å²) in [4.78, 5) is 37.0. The molecule has 4 atom stereocenters. The first-order valence-corrected chi connectivity index (χ1v) is 22.4. The topological polar surface area (TPSA) is 173 Å². The highest BCUT2D eigenvalue weighted by Crippen LogP contribution is 2.68. The van der Waals surface area contributed by atoms with Crippen molar-refractivity contribution < 1.29 is 57.5 Å². The molecule has 2 aliphatic rings. The van der Waals surface area contributed by atoms with Crippen LogP contribution in [-0.4, -0.2) is 61.8 Å². The molecule has 356 valence electrons. The Balaban J connectivity index is 1.37. The molecule has 0 bridgehead atoms. The molecule has 0 radical (unpaired) electrons. The van der Waals surface area contributed by atoms with Gasteiger partial charge in [-0.1, -0.05) is 23.7 Å². The van der Waals surface area contributed by atoms with Crippen molar-refractivity contribution in [3.05, 3.63) is 133 Å². The number of aromatic nitrogens is 7. The first kappa shape index (κ1) is 46.4. The fraction of sp³-hybridized carbons (Fsp3) is 0.302. The molecule has 7 aromatic rings. The lowest BCUT2D eigenvalue weighted by molar-refractivity contribution is -0.141. The number of nitrogens with two attached hydrogens (primary N) is 1. The number of primary amides is 1. The molecule has 25 heteroatoms. The molecule has 1 amide bonds. The van der Waals surface area contributed by atoms with Crippen LogP contribution in [0.1, 0.15) is 70.3 Å². The zero-order valence-electron chi connectivity index (χ0n) is 35.2. The predicted molar refractivity (Wildman–Crippen MR) is 226 cm³/mol. The number of hydrogen-bond donors (Lipinski definition) is 1. The fourth-order valence-electron chi connectivity index (χ4n) is 9.09. The number of aryl methyl sites for hydroxylation is 1. The number of alkyl halides is 7. The fourth-order valence-corrected chi connectivity index (χ4v) is 10.2. The van der Waals surface area contributed by atoms with Crippen LogP contribution in [0.15, 0.2) is 71.5 Å². The minimum atomic E-state index is -5.13. The van der Waals surface area contributed by atoms with E-state index in [9.17, 15) is 43.9 Å². The van der Waals surface area contributed by atoms with Gasteiger partial charge in [0, 0.05) is 24.6 Å². The van der Waals surface area contributed by atoms with Crippen molar-refractivity contribution in [1.29, 1.82) is 0 Å². The maximum absolute atomic E-state index is 16.3. The summed E-state index contributed by atoms with van der Waals surface area (Å²) in [6.45, 7) is -0.334. The molecular formula is C43H33ClF9N9O5S. The maximum Gasteiger partial charge on any atom is 0.433 e. The van der Waals surface area contributed by atoms with Gasteiger partial charge in [0.2, 0.25) is 15.9 Å². The molecule has 2 N–H and O–H groups in total. The largest absolute Gasteiger partial charge is 0.497 e. The van der Waals surface area contributed by atoms with Gasteiger partial charge in [0.15, 0.2) is 11.5 Å². The van der Waals surface area contributed by atoms with E-state index in [1.807, 2.05) is 0 Å². The van der Waals surface area contributed by atoms with E-state index in [4.69, 9.17) is 22.1 Å². The number of anilines is 1. The van der Waals surface area contributed by atoms with Crippen molar-refractivity contribution in [3.8, 4) is 11.4 Å². The van der Waals surface area contributed by atoms with Crippen LogP contribution < -0.4 is 20.3 Å². The Bertz CT molecular complexity index is 3380. The molecule has 1 fully saturated rings. The molecule has 1 saturated carbocycles. The van der Waals surface area contributed by atoms with Crippen molar-refractivity contribution in [2.45, 2.75) is 55.8 Å². The van der Waals surface area contributed by atoms with Gasteiger partial charge in [-0.3, -0.25) is 18.8 Å². The third-order valence-corrected chi connectivity index (χ3v) is 13.5. The van der Waals surface area contributed by atoms with Crippen molar-refractivity contribution in [1.82, 2.24) is 34.1 Å². The highest BCUT2D eigenvalue weighted by Gasteiger charge is 2.68. The summed E-state index contributed by atoms with van der Waals surface area (Å²) in [5.74, 6) is -13.1. The summed E-state index contributed by atoms with van der Waals surface area (Å²) in [6, 6.07) is 9.52. The van der Waals surface area contributed by atoms with E-state index in [0.29, 0.717) is 23.4 Å². The van der Waals surface area contributed by atoms with E-state index < -0.39 is 121 Å². The van der Waals surface area contributed by atoms with E-state index in [0.717, 1.165) is 38.0 Å². The monoisotopic (exact) mass is 993 g/mol. The molecule has 1 unspecified atom stereocenters. The third kappa shape index (κ3) is 7.75. The van der Waals surface area contributed by atoms with Gasteiger partial charge >= 0.3 is 6.18 Å². The van der Waals surface area contributed by atoms with Gasteiger partial charge in [-0.2, -0.15) is 32.1 Å². The first-order valence-electron chi connectivity index (χ1n) is 20.2. The van der Waals surface area contributed by atoms with Gasteiger partial charge < -0.3 is 10.5 Å². The molecule has 3 aromatic carbocycles. The number of amides is 1. The van der Waals surface area contributed by atoms with E-state index in [2.05, 4.69) is 20.2 Å².